The summed E-state index contributed by atoms with van der Waals surface area (Å²) in [6.45, 7) is 1.55. The molecule has 1 heterocycles. The third kappa shape index (κ3) is 2.19. The minimum Gasteiger partial charge on any atom is -0.379 e. The molecular weight excluding hydrogens is 244 g/mol. The molecule has 0 unspecified atom stereocenters. The summed E-state index contributed by atoms with van der Waals surface area (Å²) in [7, 11) is 0. The topological polar surface area (TPSA) is 9.23 Å². The standard InChI is InChI=1S/C16H21ClO/c17-10-16(11-18-12-16)15-8-6-14(7-9-15)13-4-2-1-3-5-13/h6-9,13H,1-5,10-12H2. The highest BCUT2D eigenvalue weighted by molar-refractivity contribution is 6.18. The van der Waals surface area contributed by atoms with Crippen molar-refractivity contribution in [2.24, 2.45) is 0 Å². The van der Waals surface area contributed by atoms with Crippen LogP contribution in [-0.2, 0) is 10.2 Å². The molecule has 0 spiro atoms. The summed E-state index contributed by atoms with van der Waals surface area (Å²) in [4.78, 5) is 0. The molecule has 1 saturated carbocycles. The van der Waals surface area contributed by atoms with Crippen LogP contribution in [0.2, 0.25) is 0 Å². The molecule has 2 fully saturated rings. The second-order valence-electron chi connectivity index (χ2n) is 5.86. The third-order valence-electron chi connectivity index (χ3n) is 4.61. The zero-order valence-electron chi connectivity index (χ0n) is 10.8. The van der Waals surface area contributed by atoms with Gasteiger partial charge in [0.15, 0.2) is 0 Å². The monoisotopic (exact) mass is 264 g/mol. The van der Waals surface area contributed by atoms with E-state index in [1.54, 1.807) is 0 Å². The van der Waals surface area contributed by atoms with Crippen LogP contribution in [0.3, 0.4) is 0 Å². The lowest BCUT2D eigenvalue weighted by Gasteiger charge is -2.40. The van der Waals surface area contributed by atoms with Crippen LogP contribution in [0, 0.1) is 0 Å². The molecule has 2 aliphatic rings. The first-order valence-corrected chi connectivity index (χ1v) is 7.62. The Labute approximate surface area is 114 Å². The van der Waals surface area contributed by atoms with Gasteiger partial charge in [0, 0.05) is 5.88 Å². The molecule has 1 aromatic rings. The van der Waals surface area contributed by atoms with Gasteiger partial charge >= 0.3 is 0 Å². The summed E-state index contributed by atoms with van der Waals surface area (Å²) in [5.74, 6) is 1.45. The Kier molecular flexibility index (Phi) is 3.63. The van der Waals surface area contributed by atoms with E-state index in [1.165, 1.54) is 43.2 Å². The largest absolute Gasteiger partial charge is 0.379 e. The van der Waals surface area contributed by atoms with E-state index in [-0.39, 0.29) is 5.41 Å². The highest BCUT2D eigenvalue weighted by atomic mass is 35.5. The number of hydrogen-bond donors (Lipinski definition) is 0. The fourth-order valence-corrected chi connectivity index (χ4v) is 3.52. The fraction of sp³-hybridized carbons (Fsp3) is 0.625. The van der Waals surface area contributed by atoms with Crippen molar-refractivity contribution in [3.05, 3.63) is 35.4 Å². The Hall–Kier alpha value is -0.530. The lowest BCUT2D eigenvalue weighted by atomic mass is 9.78. The van der Waals surface area contributed by atoms with Crippen molar-refractivity contribution in [1.29, 1.82) is 0 Å². The number of benzene rings is 1. The average molecular weight is 265 g/mol. The Morgan fingerprint density at radius 3 is 2.22 bits per heavy atom. The van der Waals surface area contributed by atoms with Crippen LogP contribution >= 0.6 is 11.6 Å². The van der Waals surface area contributed by atoms with E-state index in [2.05, 4.69) is 24.3 Å². The normalized spacial score (nSPS) is 23.6. The summed E-state index contributed by atoms with van der Waals surface area (Å²) < 4.78 is 5.35. The van der Waals surface area contributed by atoms with Crippen LogP contribution < -0.4 is 0 Å². The second kappa shape index (κ2) is 5.22. The first-order valence-electron chi connectivity index (χ1n) is 7.08. The van der Waals surface area contributed by atoms with Crippen LogP contribution in [0.4, 0.5) is 0 Å². The molecule has 0 atom stereocenters. The molecular formula is C16H21ClO. The summed E-state index contributed by atoms with van der Waals surface area (Å²) in [6, 6.07) is 9.18. The van der Waals surface area contributed by atoms with Gasteiger partial charge in [0.2, 0.25) is 0 Å². The minimum absolute atomic E-state index is 0.0899. The first-order chi connectivity index (χ1) is 8.84. The van der Waals surface area contributed by atoms with Crippen molar-refractivity contribution in [2.45, 2.75) is 43.4 Å². The van der Waals surface area contributed by atoms with Gasteiger partial charge in [-0.15, -0.1) is 11.6 Å². The summed E-state index contributed by atoms with van der Waals surface area (Å²) in [5.41, 5.74) is 2.96. The van der Waals surface area contributed by atoms with Crippen LogP contribution in [0.5, 0.6) is 0 Å². The zero-order chi connectivity index (χ0) is 12.4. The van der Waals surface area contributed by atoms with Crippen molar-refractivity contribution in [3.8, 4) is 0 Å². The van der Waals surface area contributed by atoms with Crippen molar-refractivity contribution in [2.75, 3.05) is 19.1 Å². The number of rotatable bonds is 3. The van der Waals surface area contributed by atoms with Gasteiger partial charge in [-0.3, -0.25) is 0 Å². The Balaban J connectivity index is 1.76. The quantitative estimate of drug-likeness (QED) is 0.742. The lowest BCUT2D eigenvalue weighted by molar-refractivity contribution is -0.0480. The predicted octanol–water partition coefficient (Wildman–Crippen LogP) is 4.24. The van der Waals surface area contributed by atoms with Crippen molar-refractivity contribution in [3.63, 3.8) is 0 Å². The number of alkyl halides is 1. The summed E-state index contributed by atoms with van der Waals surface area (Å²) >= 11 is 6.10. The van der Waals surface area contributed by atoms with Gasteiger partial charge in [-0.25, -0.2) is 0 Å². The average Bonchev–Trinajstić information content (AvgIpc) is 2.40. The van der Waals surface area contributed by atoms with Gasteiger partial charge in [-0.1, -0.05) is 43.5 Å². The van der Waals surface area contributed by atoms with Gasteiger partial charge in [-0.05, 0) is 29.9 Å². The van der Waals surface area contributed by atoms with E-state index in [4.69, 9.17) is 16.3 Å². The van der Waals surface area contributed by atoms with Gasteiger partial charge in [0.05, 0.1) is 18.6 Å². The van der Waals surface area contributed by atoms with Crippen LogP contribution in [0.15, 0.2) is 24.3 Å². The maximum absolute atomic E-state index is 6.10. The summed E-state index contributed by atoms with van der Waals surface area (Å²) in [6.07, 6.45) is 6.94. The van der Waals surface area contributed by atoms with Gasteiger partial charge in [-0.2, -0.15) is 0 Å². The molecule has 98 valence electrons. The fourth-order valence-electron chi connectivity index (χ4n) is 3.21. The molecule has 1 aliphatic heterocycles. The highest BCUT2D eigenvalue weighted by Crippen LogP contribution is 2.36. The Bertz CT molecular complexity index is 383. The second-order valence-corrected chi connectivity index (χ2v) is 6.13. The van der Waals surface area contributed by atoms with Crippen molar-refractivity contribution in [1.82, 2.24) is 0 Å². The van der Waals surface area contributed by atoms with Gasteiger partial charge < -0.3 is 4.74 Å². The first kappa shape index (κ1) is 12.5. The Morgan fingerprint density at radius 2 is 1.72 bits per heavy atom. The maximum atomic E-state index is 6.10. The molecule has 1 nitrogen and oxygen atoms in total. The molecule has 3 rings (SSSR count). The lowest BCUT2D eigenvalue weighted by Crippen LogP contribution is -2.48. The van der Waals surface area contributed by atoms with E-state index >= 15 is 0 Å². The van der Waals surface area contributed by atoms with E-state index in [1.807, 2.05) is 0 Å². The minimum atomic E-state index is 0.0899. The van der Waals surface area contributed by atoms with E-state index in [9.17, 15) is 0 Å². The van der Waals surface area contributed by atoms with E-state index in [0.29, 0.717) is 5.88 Å². The zero-order valence-corrected chi connectivity index (χ0v) is 11.6. The van der Waals surface area contributed by atoms with Crippen LogP contribution in [-0.4, -0.2) is 19.1 Å². The van der Waals surface area contributed by atoms with Crippen LogP contribution in [0.25, 0.3) is 0 Å². The molecule has 0 N–H and O–H groups in total. The smallest absolute Gasteiger partial charge is 0.0597 e. The molecule has 0 amide bonds. The highest BCUT2D eigenvalue weighted by Gasteiger charge is 2.39. The van der Waals surface area contributed by atoms with Crippen molar-refractivity contribution >= 4 is 11.6 Å². The molecule has 18 heavy (non-hydrogen) atoms. The maximum Gasteiger partial charge on any atom is 0.0597 e. The summed E-state index contributed by atoms with van der Waals surface area (Å²) in [5, 5.41) is 0. The molecule has 2 heteroatoms. The van der Waals surface area contributed by atoms with Crippen LogP contribution in [0.1, 0.15) is 49.1 Å². The molecule has 1 aromatic carbocycles. The number of ether oxygens (including phenoxy) is 1. The molecule has 0 bridgehead atoms. The van der Waals surface area contributed by atoms with Crippen molar-refractivity contribution < 1.29 is 4.74 Å². The predicted molar refractivity (Wildman–Crippen MR) is 75.5 cm³/mol. The molecule has 1 aliphatic carbocycles. The van der Waals surface area contributed by atoms with E-state index in [0.717, 1.165) is 19.1 Å². The third-order valence-corrected chi connectivity index (χ3v) is 5.12. The molecule has 0 radical (unpaired) electrons. The molecule has 1 saturated heterocycles. The Morgan fingerprint density at radius 1 is 1.06 bits per heavy atom. The van der Waals surface area contributed by atoms with Gasteiger partial charge in [0.25, 0.3) is 0 Å². The molecule has 0 aromatic heterocycles. The SMILES string of the molecule is ClCC1(c2ccc(C3CCCCC3)cc2)COC1. The number of hydrogen-bond acceptors (Lipinski definition) is 1. The van der Waals surface area contributed by atoms with Gasteiger partial charge in [0.1, 0.15) is 0 Å². The number of halogens is 1. The van der Waals surface area contributed by atoms with E-state index < -0.39 is 0 Å².